The van der Waals surface area contributed by atoms with Crippen molar-refractivity contribution in [3.63, 3.8) is 0 Å². The number of aromatic nitrogens is 3. The van der Waals surface area contributed by atoms with Crippen LogP contribution in [0.15, 0.2) is 35.0 Å². The Bertz CT molecular complexity index is 708. The summed E-state index contributed by atoms with van der Waals surface area (Å²) in [5, 5.41) is 0. The molecule has 0 saturated heterocycles. The fraction of sp³-hybridized carbons (Fsp3) is 0.167. The van der Waals surface area contributed by atoms with E-state index in [4.69, 9.17) is 10.5 Å². The van der Waals surface area contributed by atoms with Crippen LogP contribution in [0, 0.1) is 0 Å². The number of aromatic amines is 2. The summed E-state index contributed by atoms with van der Waals surface area (Å²) >= 11 is 0. The zero-order valence-corrected chi connectivity index (χ0v) is 9.56. The quantitative estimate of drug-likeness (QED) is 0.729. The molecule has 18 heavy (non-hydrogen) atoms. The van der Waals surface area contributed by atoms with Crippen LogP contribution < -0.4 is 11.3 Å². The summed E-state index contributed by atoms with van der Waals surface area (Å²) in [5.74, 6) is 0.964. The zero-order valence-electron chi connectivity index (χ0n) is 9.56. The van der Waals surface area contributed by atoms with Gasteiger partial charge in [0.25, 0.3) is 5.56 Å². The molecule has 0 amide bonds. The second kappa shape index (κ2) is 4.06. The molecule has 0 spiro atoms. The van der Waals surface area contributed by atoms with E-state index >= 15 is 0 Å². The van der Waals surface area contributed by atoms with Gasteiger partial charge in [0.1, 0.15) is 23.4 Å². The Morgan fingerprint density at radius 1 is 1.50 bits per heavy atom. The number of nitrogens with one attached hydrogen (secondary N) is 2. The molecular weight excluding hydrogens is 232 g/mol. The average Bonchev–Trinajstić information content (AvgIpc) is 2.74. The molecule has 0 fully saturated rings. The number of ether oxygens (including phenoxy) is 1. The largest absolute Gasteiger partial charge is 0.494 e. The third kappa shape index (κ3) is 1.77. The summed E-state index contributed by atoms with van der Waals surface area (Å²) in [7, 11) is 0. The van der Waals surface area contributed by atoms with E-state index in [1.165, 1.54) is 0 Å². The first-order valence-corrected chi connectivity index (χ1v) is 5.58. The molecule has 1 aliphatic rings. The van der Waals surface area contributed by atoms with Gasteiger partial charge >= 0.3 is 0 Å². The Hall–Kier alpha value is -2.50. The molecule has 92 valence electrons. The monoisotopic (exact) mass is 244 g/mol. The Morgan fingerprint density at radius 2 is 2.39 bits per heavy atom. The number of hydrogen-bond donors (Lipinski definition) is 3. The number of fused-ring (bicyclic) bond motifs is 1. The molecule has 0 bridgehead atoms. The molecule has 0 radical (unpaired) electrons. The first-order chi connectivity index (χ1) is 8.74. The summed E-state index contributed by atoms with van der Waals surface area (Å²) in [6.45, 7) is 0.574. The molecule has 0 aliphatic carbocycles. The molecule has 0 atom stereocenters. The van der Waals surface area contributed by atoms with Gasteiger partial charge in [0.2, 0.25) is 5.95 Å². The van der Waals surface area contributed by atoms with Crippen LogP contribution in [0.4, 0.5) is 5.95 Å². The first kappa shape index (κ1) is 10.6. The highest BCUT2D eigenvalue weighted by atomic mass is 16.5. The minimum atomic E-state index is -0.262. The van der Waals surface area contributed by atoms with Crippen LogP contribution in [-0.2, 0) is 11.2 Å². The normalized spacial score (nSPS) is 14.6. The Morgan fingerprint density at radius 3 is 3.17 bits per heavy atom. The van der Waals surface area contributed by atoms with E-state index in [9.17, 15) is 4.79 Å². The van der Waals surface area contributed by atoms with Crippen LogP contribution >= 0.6 is 0 Å². The van der Waals surface area contributed by atoms with Gasteiger partial charge in [-0.25, -0.2) is 4.98 Å². The highest BCUT2D eigenvalue weighted by Crippen LogP contribution is 2.18. The lowest BCUT2D eigenvalue weighted by molar-refractivity contribution is 0.237. The predicted octanol–water partition coefficient (Wildman–Crippen LogP) is 0.846. The maximum Gasteiger partial charge on any atom is 0.276 e. The summed E-state index contributed by atoms with van der Waals surface area (Å²) in [5.41, 5.74) is 7.21. The third-order valence-corrected chi connectivity index (χ3v) is 2.78. The average molecular weight is 244 g/mol. The molecule has 4 N–H and O–H groups in total. The van der Waals surface area contributed by atoms with Crippen molar-refractivity contribution in [1.82, 2.24) is 15.0 Å². The van der Waals surface area contributed by atoms with Gasteiger partial charge in [-0.2, -0.15) is 0 Å². The predicted molar refractivity (Wildman–Crippen MR) is 68.0 cm³/mol. The molecule has 3 heterocycles. The van der Waals surface area contributed by atoms with Crippen LogP contribution in [0.3, 0.4) is 0 Å². The van der Waals surface area contributed by atoms with E-state index in [-0.39, 0.29) is 11.5 Å². The van der Waals surface area contributed by atoms with Crippen LogP contribution in [0.2, 0.25) is 0 Å². The van der Waals surface area contributed by atoms with E-state index in [0.717, 1.165) is 11.3 Å². The van der Waals surface area contributed by atoms with Crippen molar-refractivity contribution in [3.8, 4) is 0 Å². The maximum atomic E-state index is 11.6. The van der Waals surface area contributed by atoms with Gasteiger partial charge in [-0.1, -0.05) is 6.08 Å². The Labute approximate surface area is 102 Å². The van der Waals surface area contributed by atoms with E-state index in [0.29, 0.717) is 24.1 Å². The summed E-state index contributed by atoms with van der Waals surface area (Å²) in [4.78, 5) is 21.2. The zero-order chi connectivity index (χ0) is 12.5. The summed E-state index contributed by atoms with van der Waals surface area (Å²) in [6, 6.07) is 0. The van der Waals surface area contributed by atoms with Gasteiger partial charge in [0.05, 0.1) is 0 Å². The molecule has 2 aromatic rings. The summed E-state index contributed by atoms with van der Waals surface area (Å²) < 4.78 is 5.48. The van der Waals surface area contributed by atoms with Gasteiger partial charge in [-0.15, -0.1) is 0 Å². The van der Waals surface area contributed by atoms with Crippen LogP contribution in [0.1, 0.15) is 5.56 Å². The van der Waals surface area contributed by atoms with Crippen LogP contribution in [0.25, 0.3) is 11.0 Å². The van der Waals surface area contributed by atoms with Crippen molar-refractivity contribution in [3.05, 3.63) is 46.1 Å². The van der Waals surface area contributed by atoms with E-state index in [1.807, 2.05) is 18.2 Å². The minimum Gasteiger partial charge on any atom is -0.494 e. The van der Waals surface area contributed by atoms with Gasteiger partial charge in [-0.3, -0.25) is 9.78 Å². The van der Waals surface area contributed by atoms with Crippen molar-refractivity contribution >= 4 is 17.0 Å². The van der Waals surface area contributed by atoms with Crippen LogP contribution in [-0.4, -0.2) is 21.6 Å². The number of nitrogen functional groups attached to an aromatic ring is 1. The molecule has 6 heteroatoms. The highest BCUT2D eigenvalue weighted by molar-refractivity contribution is 5.79. The standard InChI is InChI=1S/C12H12N4O2/c13-12-15-9-7(5-8-3-1-2-4-18-8)6-14-10(9)11(17)16-12/h1-3,6,14H,4-5H2,(H3,13,15,16,17). The number of hydrogen-bond acceptors (Lipinski definition) is 4. The molecule has 0 saturated carbocycles. The molecule has 3 rings (SSSR count). The van der Waals surface area contributed by atoms with Crippen molar-refractivity contribution < 1.29 is 4.74 Å². The SMILES string of the molecule is Nc1nc2c(CC3=CC=CCO3)c[nH]c2c(=O)[nH]1. The van der Waals surface area contributed by atoms with Crippen molar-refractivity contribution in [2.24, 2.45) is 0 Å². The Kier molecular flexibility index (Phi) is 2.40. The lowest BCUT2D eigenvalue weighted by atomic mass is 10.1. The molecule has 1 aliphatic heterocycles. The first-order valence-electron chi connectivity index (χ1n) is 5.58. The molecule has 0 unspecified atom stereocenters. The number of H-pyrrole nitrogens is 2. The smallest absolute Gasteiger partial charge is 0.276 e. The van der Waals surface area contributed by atoms with Crippen molar-refractivity contribution in [1.29, 1.82) is 0 Å². The minimum absolute atomic E-state index is 0.117. The second-order valence-corrected chi connectivity index (χ2v) is 4.04. The fourth-order valence-electron chi connectivity index (χ4n) is 1.95. The topological polar surface area (TPSA) is 96.8 Å². The molecule has 2 aromatic heterocycles. The van der Waals surface area contributed by atoms with Crippen molar-refractivity contribution in [2.45, 2.75) is 6.42 Å². The van der Waals surface area contributed by atoms with Crippen molar-refractivity contribution in [2.75, 3.05) is 12.3 Å². The van der Waals surface area contributed by atoms with Gasteiger partial charge in [0.15, 0.2) is 0 Å². The number of allylic oxidation sites excluding steroid dienone is 3. The molecular formula is C12H12N4O2. The van der Waals surface area contributed by atoms with Gasteiger partial charge in [0, 0.05) is 18.2 Å². The van der Waals surface area contributed by atoms with Gasteiger partial charge < -0.3 is 15.5 Å². The van der Waals surface area contributed by atoms with Crippen LogP contribution in [0.5, 0.6) is 0 Å². The lowest BCUT2D eigenvalue weighted by Crippen LogP contribution is -2.11. The molecule has 0 aromatic carbocycles. The van der Waals surface area contributed by atoms with Gasteiger partial charge in [-0.05, 0) is 12.2 Å². The maximum absolute atomic E-state index is 11.6. The number of nitrogens with two attached hydrogens (primary N) is 1. The number of anilines is 1. The summed E-state index contributed by atoms with van der Waals surface area (Å²) in [6.07, 6.45) is 8.12. The van der Waals surface area contributed by atoms with E-state index in [1.54, 1.807) is 6.20 Å². The fourth-order valence-corrected chi connectivity index (χ4v) is 1.95. The second-order valence-electron chi connectivity index (χ2n) is 4.04. The number of rotatable bonds is 2. The highest BCUT2D eigenvalue weighted by Gasteiger charge is 2.12. The lowest BCUT2D eigenvalue weighted by Gasteiger charge is -2.10. The van der Waals surface area contributed by atoms with E-state index in [2.05, 4.69) is 15.0 Å². The Balaban J connectivity index is 2.05. The number of nitrogens with zero attached hydrogens (tertiary/aromatic N) is 1. The third-order valence-electron chi connectivity index (χ3n) is 2.78. The molecule has 6 nitrogen and oxygen atoms in total. The van der Waals surface area contributed by atoms with E-state index < -0.39 is 0 Å².